The number of benzene rings is 2. The monoisotopic (exact) mass is 467 g/mol. The van der Waals surface area contributed by atoms with E-state index in [1.807, 2.05) is 55.1 Å². The lowest BCUT2D eigenvalue weighted by Gasteiger charge is -2.39. The van der Waals surface area contributed by atoms with E-state index in [1.54, 1.807) is 0 Å². The Bertz CT molecular complexity index is 1040. The van der Waals surface area contributed by atoms with Gasteiger partial charge in [-0.1, -0.05) is 30.3 Å². The van der Waals surface area contributed by atoms with Crippen LogP contribution in [0.3, 0.4) is 0 Å². The maximum Gasteiger partial charge on any atom is 0.260 e. The number of piperidine rings is 1. The van der Waals surface area contributed by atoms with Gasteiger partial charge in [-0.2, -0.15) is 0 Å². The van der Waals surface area contributed by atoms with Gasteiger partial charge in [0.15, 0.2) is 6.61 Å². The molecule has 6 heteroatoms. The largest absolute Gasteiger partial charge is 0.484 e. The van der Waals surface area contributed by atoms with Gasteiger partial charge in [0.1, 0.15) is 5.75 Å². The molecule has 1 spiro atoms. The van der Waals surface area contributed by atoms with Crippen LogP contribution in [0.15, 0.2) is 42.5 Å². The smallest absolute Gasteiger partial charge is 0.260 e. The molecule has 0 saturated carbocycles. The van der Waals surface area contributed by atoms with Gasteiger partial charge >= 0.3 is 0 Å². The van der Waals surface area contributed by atoms with Crippen LogP contribution in [0.2, 0.25) is 0 Å². The molecular formula is C28H37NO5. The predicted molar refractivity (Wildman–Crippen MR) is 131 cm³/mol. The van der Waals surface area contributed by atoms with E-state index in [9.17, 15) is 9.90 Å². The van der Waals surface area contributed by atoms with Crippen molar-refractivity contribution in [3.05, 3.63) is 42.5 Å². The molecule has 3 heterocycles. The number of fused-ring (bicyclic) bond motifs is 1. The molecule has 3 saturated heterocycles. The highest BCUT2D eigenvalue weighted by atomic mass is 16.6. The van der Waals surface area contributed by atoms with Gasteiger partial charge in [0.05, 0.1) is 30.0 Å². The summed E-state index contributed by atoms with van der Waals surface area (Å²) in [4.78, 5) is 14.7. The van der Waals surface area contributed by atoms with Crippen molar-refractivity contribution in [2.24, 2.45) is 5.41 Å². The molecule has 0 bridgehead atoms. The van der Waals surface area contributed by atoms with Crippen LogP contribution in [0.1, 0.15) is 52.9 Å². The molecule has 0 unspecified atom stereocenters. The molecule has 3 aliphatic rings. The van der Waals surface area contributed by atoms with Crippen LogP contribution >= 0.6 is 0 Å². The Balaban J connectivity index is 1.12. The van der Waals surface area contributed by atoms with E-state index in [0.717, 1.165) is 68.3 Å². The molecule has 6 nitrogen and oxygen atoms in total. The second-order valence-electron chi connectivity index (χ2n) is 11.3. The molecular weight excluding hydrogens is 430 g/mol. The predicted octanol–water partition coefficient (Wildman–Crippen LogP) is 4.32. The average Bonchev–Trinajstić information content (AvgIpc) is 3.43. The van der Waals surface area contributed by atoms with Crippen LogP contribution < -0.4 is 4.74 Å². The topological polar surface area (TPSA) is 68.2 Å². The molecule has 3 atom stereocenters. The van der Waals surface area contributed by atoms with Gasteiger partial charge in [-0.15, -0.1) is 0 Å². The van der Waals surface area contributed by atoms with Crippen molar-refractivity contribution < 1.29 is 24.1 Å². The Morgan fingerprint density at radius 2 is 1.88 bits per heavy atom. The zero-order valence-electron chi connectivity index (χ0n) is 20.6. The molecule has 34 heavy (non-hydrogen) atoms. The minimum Gasteiger partial charge on any atom is -0.484 e. The highest BCUT2D eigenvalue weighted by Gasteiger charge is 2.53. The molecule has 5 rings (SSSR count). The van der Waals surface area contributed by atoms with E-state index in [2.05, 4.69) is 13.0 Å². The third-order valence-electron chi connectivity index (χ3n) is 8.25. The van der Waals surface area contributed by atoms with Gasteiger partial charge in [0.25, 0.3) is 5.91 Å². The van der Waals surface area contributed by atoms with E-state index in [0.29, 0.717) is 0 Å². The molecule has 0 aromatic heterocycles. The molecule has 1 N–H and O–H groups in total. The summed E-state index contributed by atoms with van der Waals surface area (Å²) in [6, 6.07) is 14.1. The number of carbonyl (C=O) groups is 1. The number of nitrogens with zero attached hydrogens (tertiary/aromatic N) is 1. The zero-order chi connectivity index (χ0) is 24.0. The Labute approximate surface area is 202 Å². The summed E-state index contributed by atoms with van der Waals surface area (Å²) in [6.07, 6.45) is 4.48. The first-order valence-electron chi connectivity index (χ1n) is 12.6. The highest BCUT2D eigenvalue weighted by molar-refractivity contribution is 5.84. The molecule has 2 aromatic carbocycles. The van der Waals surface area contributed by atoms with Crippen molar-refractivity contribution in [1.82, 2.24) is 4.90 Å². The van der Waals surface area contributed by atoms with Crippen molar-refractivity contribution >= 4 is 16.7 Å². The van der Waals surface area contributed by atoms with Crippen LogP contribution in [0.5, 0.6) is 5.75 Å². The first-order chi connectivity index (χ1) is 16.2. The number of aliphatic hydroxyl groups is 1. The second-order valence-corrected chi connectivity index (χ2v) is 11.3. The molecule has 184 valence electrons. The summed E-state index contributed by atoms with van der Waals surface area (Å²) in [5.74, 6) is 0.763. The molecule has 3 aliphatic heterocycles. The number of carbonyl (C=O) groups excluding carboxylic acids is 1. The molecule has 1 amide bonds. The fraction of sp³-hybridized carbons (Fsp3) is 0.607. The first kappa shape index (κ1) is 23.6. The summed E-state index contributed by atoms with van der Waals surface area (Å²) in [7, 11) is 0. The van der Waals surface area contributed by atoms with Crippen LogP contribution in [-0.2, 0) is 14.3 Å². The fourth-order valence-corrected chi connectivity index (χ4v) is 5.85. The van der Waals surface area contributed by atoms with Gasteiger partial charge in [-0.05, 0) is 81.2 Å². The maximum absolute atomic E-state index is 12.8. The number of hydrogen-bond donors (Lipinski definition) is 1. The average molecular weight is 468 g/mol. The van der Waals surface area contributed by atoms with Crippen molar-refractivity contribution in [3.63, 3.8) is 0 Å². The SMILES string of the molecule is CC(C)(O)[C@H]1CC[C@](C)([C@H]2CC3(CCN(C(=O)COc4ccc5ccccc5c4)CC3)CO2)O1. The van der Waals surface area contributed by atoms with Crippen molar-refractivity contribution in [1.29, 1.82) is 0 Å². The highest BCUT2D eigenvalue weighted by Crippen LogP contribution is 2.49. The third kappa shape index (κ3) is 4.68. The van der Waals surface area contributed by atoms with Crippen LogP contribution in [0, 0.1) is 5.41 Å². The van der Waals surface area contributed by atoms with E-state index in [1.165, 1.54) is 0 Å². The number of hydrogen-bond acceptors (Lipinski definition) is 5. The van der Waals surface area contributed by atoms with Crippen molar-refractivity contribution in [3.8, 4) is 5.75 Å². The number of likely N-dealkylation sites (tertiary alicyclic amines) is 1. The van der Waals surface area contributed by atoms with Gasteiger partial charge < -0.3 is 24.2 Å². The van der Waals surface area contributed by atoms with E-state index in [-0.39, 0.29) is 35.7 Å². The fourth-order valence-electron chi connectivity index (χ4n) is 5.85. The van der Waals surface area contributed by atoms with Gasteiger partial charge in [-0.3, -0.25) is 4.79 Å². The summed E-state index contributed by atoms with van der Waals surface area (Å²) in [6.45, 7) is 8.02. The van der Waals surface area contributed by atoms with Crippen LogP contribution in [-0.4, -0.2) is 65.6 Å². The lowest BCUT2D eigenvalue weighted by molar-refractivity contribution is -0.155. The maximum atomic E-state index is 12.8. The first-order valence-corrected chi connectivity index (χ1v) is 12.6. The number of amides is 1. The summed E-state index contributed by atoms with van der Waals surface area (Å²) >= 11 is 0. The lowest BCUT2D eigenvalue weighted by atomic mass is 9.74. The Morgan fingerprint density at radius 1 is 1.15 bits per heavy atom. The molecule has 0 radical (unpaired) electrons. The molecule has 2 aromatic rings. The number of ether oxygens (including phenoxy) is 3. The summed E-state index contributed by atoms with van der Waals surface area (Å²) < 4.78 is 18.5. The molecule has 3 fully saturated rings. The van der Waals surface area contributed by atoms with Crippen molar-refractivity contribution in [2.75, 3.05) is 26.3 Å². The van der Waals surface area contributed by atoms with Gasteiger partial charge in [0, 0.05) is 13.1 Å². The molecule has 0 aliphatic carbocycles. The quantitative estimate of drug-likeness (QED) is 0.709. The van der Waals surface area contributed by atoms with Gasteiger partial charge in [0.2, 0.25) is 0 Å². The number of rotatable bonds is 5. The standard InChI is InChI=1S/C28H37NO5/c1-26(2,31)23-10-11-27(3,34-23)24-17-28(19-33-24)12-14-29(15-13-28)25(30)18-32-22-9-8-20-6-4-5-7-21(20)16-22/h4-9,16,23-24,31H,10-15,17-19H2,1-3H3/t23-,24-,27-/m1/s1. The van der Waals surface area contributed by atoms with E-state index >= 15 is 0 Å². The van der Waals surface area contributed by atoms with Crippen molar-refractivity contribution in [2.45, 2.75) is 76.3 Å². The Hall–Kier alpha value is -2.15. The lowest BCUT2D eigenvalue weighted by Crippen LogP contribution is -2.46. The van der Waals surface area contributed by atoms with Crippen LogP contribution in [0.25, 0.3) is 10.8 Å². The zero-order valence-corrected chi connectivity index (χ0v) is 20.6. The normalized spacial score (nSPS) is 29.1. The minimum atomic E-state index is -0.839. The Morgan fingerprint density at radius 3 is 2.59 bits per heavy atom. The third-order valence-corrected chi connectivity index (χ3v) is 8.25. The minimum absolute atomic E-state index is 0.0394. The van der Waals surface area contributed by atoms with Crippen LogP contribution in [0.4, 0.5) is 0 Å². The van der Waals surface area contributed by atoms with E-state index in [4.69, 9.17) is 14.2 Å². The second kappa shape index (κ2) is 8.81. The van der Waals surface area contributed by atoms with E-state index < -0.39 is 5.60 Å². The van der Waals surface area contributed by atoms with Gasteiger partial charge in [-0.25, -0.2) is 0 Å². The summed E-state index contributed by atoms with van der Waals surface area (Å²) in [5.41, 5.74) is -1.08. The Kier molecular flexibility index (Phi) is 6.11. The summed E-state index contributed by atoms with van der Waals surface area (Å²) in [5, 5.41) is 12.6.